The number of rotatable bonds is 6. The van der Waals surface area contributed by atoms with Gasteiger partial charge < -0.3 is 10.6 Å². The van der Waals surface area contributed by atoms with Gasteiger partial charge in [0.25, 0.3) is 5.91 Å². The number of para-hydroxylation sites is 1. The molecule has 0 radical (unpaired) electrons. The minimum atomic E-state index is -1.18. The molecule has 1 aliphatic heterocycles. The van der Waals surface area contributed by atoms with Crippen LogP contribution in [0.15, 0.2) is 42.5 Å². The Balaban J connectivity index is 1.75. The van der Waals surface area contributed by atoms with E-state index in [0.717, 1.165) is 28.9 Å². The van der Waals surface area contributed by atoms with Crippen LogP contribution in [0.5, 0.6) is 0 Å². The van der Waals surface area contributed by atoms with Crippen LogP contribution in [0.4, 0.5) is 10.5 Å². The van der Waals surface area contributed by atoms with Gasteiger partial charge in [-0.15, -0.1) is 0 Å². The molecule has 152 valence electrons. The van der Waals surface area contributed by atoms with Gasteiger partial charge in [-0.05, 0) is 49.4 Å². The van der Waals surface area contributed by atoms with E-state index >= 15 is 0 Å². The number of imide groups is 1. The third-order valence-corrected chi connectivity index (χ3v) is 5.39. The number of hydrogen-bond donors (Lipinski definition) is 2. The van der Waals surface area contributed by atoms with Crippen LogP contribution < -0.4 is 10.6 Å². The predicted octanol–water partition coefficient (Wildman–Crippen LogP) is 3.66. The molecule has 0 aromatic heterocycles. The van der Waals surface area contributed by atoms with Crippen molar-refractivity contribution >= 4 is 23.5 Å². The predicted molar refractivity (Wildman–Crippen MR) is 113 cm³/mol. The zero-order valence-corrected chi connectivity index (χ0v) is 17.3. The molecule has 1 fully saturated rings. The van der Waals surface area contributed by atoms with Crippen LogP contribution in [0.2, 0.25) is 0 Å². The first-order valence-electron chi connectivity index (χ1n) is 9.86. The third-order valence-electron chi connectivity index (χ3n) is 5.39. The van der Waals surface area contributed by atoms with Crippen molar-refractivity contribution in [1.82, 2.24) is 10.2 Å². The average molecular weight is 393 g/mol. The van der Waals surface area contributed by atoms with E-state index in [9.17, 15) is 14.4 Å². The molecular formula is C23H27N3O3. The molecule has 1 aliphatic rings. The van der Waals surface area contributed by atoms with E-state index in [4.69, 9.17) is 0 Å². The summed E-state index contributed by atoms with van der Waals surface area (Å²) in [5.41, 5.74) is 3.26. The third kappa shape index (κ3) is 4.01. The maximum Gasteiger partial charge on any atom is 0.325 e. The first-order valence-corrected chi connectivity index (χ1v) is 9.86. The second-order valence-electron chi connectivity index (χ2n) is 7.71. The summed E-state index contributed by atoms with van der Waals surface area (Å²) >= 11 is 0. The number of nitrogens with zero attached hydrogens (tertiary/aromatic N) is 1. The number of aryl methyl sites for hydroxylation is 3. The van der Waals surface area contributed by atoms with Crippen LogP contribution in [-0.4, -0.2) is 29.3 Å². The molecule has 1 heterocycles. The van der Waals surface area contributed by atoms with Crippen molar-refractivity contribution in [1.29, 1.82) is 0 Å². The summed E-state index contributed by atoms with van der Waals surface area (Å²) in [5, 5.41) is 5.57. The molecule has 0 saturated carbocycles. The van der Waals surface area contributed by atoms with E-state index in [1.54, 1.807) is 6.92 Å². The summed E-state index contributed by atoms with van der Waals surface area (Å²) in [6, 6.07) is 12.8. The fourth-order valence-electron chi connectivity index (χ4n) is 3.66. The van der Waals surface area contributed by atoms with Gasteiger partial charge in [0.05, 0.1) is 0 Å². The number of carbonyl (C=O) groups excluding carboxylic acids is 3. The van der Waals surface area contributed by atoms with Gasteiger partial charge in [0.15, 0.2) is 0 Å². The topological polar surface area (TPSA) is 78.5 Å². The lowest BCUT2D eigenvalue weighted by atomic mass is 9.91. The Bertz CT molecular complexity index is 932. The molecule has 0 bridgehead atoms. The van der Waals surface area contributed by atoms with Crippen molar-refractivity contribution in [3.8, 4) is 0 Å². The standard InChI is InChI=1S/C23H27N3O3/c1-5-7-17-10-12-18(13-11-17)23(4)21(28)26(22(29)25-23)14-19(27)24-20-15(2)8-6-9-16(20)3/h6,8-13H,5,7,14H2,1-4H3,(H,24,27)(H,25,29)/t23-/m1/s1. The summed E-state index contributed by atoms with van der Waals surface area (Å²) in [6.45, 7) is 7.25. The lowest BCUT2D eigenvalue weighted by Crippen LogP contribution is -2.42. The molecule has 2 aromatic carbocycles. The molecule has 2 N–H and O–H groups in total. The lowest BCUT2D eigenvalue weighted by molar-refractivity contribution is -0.133. The highest BCUT2D eigenvalue weighted by molar-refractivity contribution is 6.10. The maximum absolute atomic E-state index is 13.0. The van der Waals surface area contributed by atoms with E-state index in [-0.39, 0.29) is 6.54 Å². The van der Waals surface area contributed by atoms with E-state index in [2.05, 4.69) is 17.6 Å². The highest BCUT2D eigenvalue weighted by Crippen LogP contribution is 2.29. The Morgan fingerprint density at radius 1 is 1.07 bits per heavy atom. The van der Waals surface area contributed by atoms with Crippen molar-refractivity contribution in [2.45, 2.75) is 46.1 Å². The molecule has 2 aromatic rings. The molecule has 6 heteroatoms. The van der Waals surface area contributed by atoms with Crippen molar-refractivity contribution in [2.75, 3.05) is 11.9 Å². The van der Waals surface area contributed by atoms with E-state index in [1.165, 1.54) is 5.56 Å². The Morgan fingerprint density at radius 3 is 2.28 bits per heavy atom. The van der Waals surface area contributed by atoms with Crippen LogP contribution in [0.3, 0.4) is 0 Å². The normalized spacial score (nSPS) is 18.7. The molecule has 0 aliphatic carbocycles. The quantitative estimate of drug-likeness (QED) is 0.735. The van der Waals surface area contributed by atoms with Crippen LogP contribution >= 0.6 is 0 Å². The van der Waals surface area contributed by atoms with Crippen LogP contribution in [0, 0.1) is 13.8 Å². The second kappa shape index (κ2) is 8.07. The minimum Gasteiger partial charge on any atom is -0.324 e. The first kappa shape index (κ1) is 20.6. The minimum absolute atomic E-state index is 0.331. The number of carbonyl (C=O) groups is 3. The van der Waals surface area contributed by atoms with Gasteiger partial charge in [0, 0.05) is 5.69 Å². The monoisotopic (exact) mass is 393 g/mol. The van der Waals surface area contributed by atoms with Gasteiger partial charge in [-0.25, -0.2) is 4.79 Å². The van der Waals surface area contributed by atoms with Crippen LogP contribution in [0.1, 0.15) is 42.5 Å². The van der Waals surface area contributed by atoms with Gasteiger partial charge in [-0.3, -0.25) is 14.5 Å². The molecule has 1 saturated heterocycles. The SMILES string of the molecule is CCCc1ccc([C@@]2(C)NC(=O)N(CC(=O)Nc3c(C)cccc3C)C2=O)cc1. The molecule has 0 spiro atoms. The van der Waals surface area contributed by atoms with Gasteiger partial charge >= 0.3 is 6.03 Å². The fraction of sp³-hybridized carbons (Fsp3) is 0.348. The number of amides is 4. The summed E-state index contributed by atoms with van der Waals surface area (Å²) in [4.78, 5) is 39.0. The number of nitrogens with one attached hydrogen (secondary N) is 2. The Labute approximate surface area is 171 Å². The Hall–Kier alpha value is -3.15. The number of benzene rings is 2. The van der Waals surface area contributed by atoms with Gasteiger partial charge in [0.2, 0.25) is 5.91 Å². The molecule has 6 nitrogen and oxygen atoms in total. The van der Waals surface area contributed by atoms with Crippen molar-refractivity contribution in [3.63, 3.8) is 0 Å². The van der Waals surface area contributed by atoms with E-state index < -0.39 is 23.4 Å². The molecule has 4 amide bonds. The Morgan fingerprint density at radius 2 is 1.69 bits per heavy atom. The fourth-order valence-corrected chi connectivity index (χ4v) is 3.66. The summed E-state index contributed by atoms with van der Waals surface area (Å²) in [7, 11) is 0. The molecule has 29 heavy (non-hydrogen) atoms. The van der Waals surface area contributed by atoms with E-state index in [1.807, 2.05) is 56.3 Å². The van der Waals surface area contributed by atoms with Gasteiger partial charge in [-0.1, -0.05) is 55.8 Å². The van der Waals surface area contributed by atoms with Crippen LogP contribution in [0.25, 0.3) is 0 Å². The lowest BCUT2D eigenvalue weighted by Gasteiger charge is -2.22. The zero-order chi connectivity index (χ0) is 21.2. The zero-order valence-electron chi connectivity index (χ0n) is 17.3. The van der Waals surface area contributed by atoms with Crippen molar-refractivity contribution < 1.29 is 14.4 Å². The molecule has 1 atom stereocenters. The second-order valence-corrected chi connectivity index (χ2v) is 7.71. The highest BCUT2D eigenvalue weighted by Gasteiger charge is 2.49. The van der Waals surface area contributed by atoms with Gasteiger partial charge in [0.1, 0.15) is 12.1 Å². The Kier molecular flexibility index (Phi) is 5.73. The number of anilines is 1. The van der Waals surface area contributed by atoms with E-state index in [0.29, 0.717) is 11.3 Å². The van der Waals surface area contributed by atoms with Gasteiger partial charge in [-0.2, -0.15) is 0 Å². The summed E-state index contributed by atoms with van der Waals surface area (Å²) < 4.78 is 0. The average Bonchev–Trinajstić information content (AvgIpc) is 2.90. The number of urea groups is 1. The molecule has 0 unspecified atom stereocenters. The van der Waals surface area contributed by atoms with Crippen molar-refractivity contribution in [2.24, 2.45) is 0 Å². The molecular weight excluding hydrogens is 366 g/mol. The smallest absolute Gasteiger partial charge is 0.324 e. The number of hydrogen-bond acceptors (Lipinski definition) is 3. The highest BCUT2D eigenvalue weighted by atomic mass is 16.2. The summed E-state index contributed by atoms with van der Waals surface area (Å²) in [5.74, 6) is -0.837. The largest absolute Gasteiger partial charge is 0.325 e. The van der Waals surface area contributed by atoms with Crippen molar-refractivity contribution in [3.05, 3.63) is 64.7 Å². The molecule has 3 rings (SSSR count). The maximum atomic E-state index is 13.0. The van der Waals surface area contributed by atoms with Crippen LogP contribution in [-0.2, 0) is 21.5 Å². The summed E-state index contributed by atoms with van der Waals surface area (Å²) in [6.07, 6.45) is 2.00. The first-order chi connectivity index (χ1) is 13.8.